The van der Waals surface area contributed by atoms with Crippen molar-refractivity contribution in [2.75, 3.05) is 0 Å². The van der Waals surface area contributed by atoms with Crippen molar-refractivity contribution in [1.82, 2.24) is 4.72 Å². The van der Waals surface area contributed by atoms with Gasteiger partial charge in [-0.1, -0.05) is 30.7 Å². The van der Waals surface area contributed by atoms with Gasteiger partial charge in [-0.2, -0.15) is 0 Å². The van der Waals surface area contributed by atoms with Crippen molar-refractivity contribution in [3.05, 3.63) is 28.8 Å². The Morgan fingerprint density at radius 1 is 1.50 bits per heavy atom. The van der Waals surface area contributed by atoms with E-state index < -0.39 is 10.0 Å². The van der Waals surface area contributed by atoms with Crippen LogP contribution >= 0.6 is 23.8 Å². The molecular formula is C13H17ClN2O2S2. The standard InChI is InChI=1S/C13H17ClN2O2S2/c1-2-13(6-3-7-13)16-20(17,18)9-4-5-10(12(15)19)11(14)8-9/h4-5,8,16H,2-3,6-7H2,1H3,(H2,15,19). The van der Waals surface area contributed by atoms with E-state index in [0.717, 1.165) is 25.7 Å². The van der Waals surface area contributed by atoms with Gasteiger partial charge in [0.1, 0.15) is 4.99 Å². The van der Waals surface area contributed by atoms with Crippen LogP contribution in [0.15, 0.2) is 23.1 Å². The van der Waals surface area contributed by atoms with Crippen LogP contribution in [0.3, 0.4) is 0 Å². The summed E-state index contributed by atoms with van der Waals surface area (Å²) < 4.78 is 27.6. The first-order valence-corrected chi connectivity index (χ1v) is 8.70. The van der Waals surface area contributed by atoms with Crippen LogP contribution in [0.5, 0.6) is 0 Å². The fourth-order valence-electron chi connectivity index (χ4n) is 2.34. The number of hydrogen-bond acceptors (Lipinski definition) is 3. The van der Waals surface area contributed by atoms with Crippen LogP contribution in [-0.2, 0) is 10.0 Å². The Labute approximate surface area is 129 Å². The molecule has 0 saturated heterocycles. The number of sulfonamides is 1. The first-order valence-electron chi connectivity index (χ1n) is 6.43. The maximum absolute atomic E-state index is 12.4. The van der Waals surface area contributed by atoms with Crippen molar-refractivity contribution in [1.29, 1.82) is 0 Å². The molecule has 1 aliphatic rings. The van der Waals surface area contributed by atoms with E-state index in [1.54, 1.807) is 6.07 Å². The predicted octanol–water partition coefficient (Wildman–Crippen LogP) is 2.59. The summed E-state index contributed by atoms with van der Waals surface area (Å²) in [5.74, 6) is 0. The Kier molecular flexibility index (Phi) is 4.39. The minimum Gasteiger partial charge on any atom is -0.389 e. The quantitative estimate of drug-likeness (QED) is 0.813. The van der Waals surface area contributed by atoms with Gasteiger partial charge in [0.15, 0.2) is 0 Å². The van der Waals surface area contributed by atoms with Gasteiger partial charge in [-0.05, 0) is 43.9 Å². The summed E-state index contributed by atoms with van der Waals surface area (Å²) >= 11 is 10.9. The summed E-state index contributed by atoms with van der Waals surface area (Å²) in [5.41, 5.74) is 5.69. The number of thiocarbonyl (C=S) groups is 1. The van der Waals surface area contributed by atoms with Gasteiger partial charge in [0.2, 0.25) is 10.0 Å². The number of hydrogen-bond donors (Lipinski definition) is 2. The Morgan fingerprint density at radius 2 is 2.15 bits per heavy atom. The fourth-order valence-corrected chi connectivity index (χ4v) is 4.48. The van der Waals surface area contributed by atoms with Gasteiger partial charge in [0.25, 0.3) is 0 Å². The molecule has 0 atom stereocenters. The summed E-state index contributed by atoms with van der Waals surface area (Å²) in [6, 6.07) is 4.41. The van der Waals surface area contributed by atoms with Crippen LogP contribution in [-0.4, -0.2) is 18.9 Å². The van der Waals surface area contributed by atoms with E-state index in [4.69, 9.17) is 29.6 Å². The SMILES string of the molecule is CCC1(NS(=O)(=O)c2ccc(C(N)=S)c(Cl)c2)CCC1. The van der Waals surface area contributed by atoms with Gasteiger partial charge in [-0.3, -0.25) is 0 Å². The van der Waals surface area contributed by atoms with Gasteiger partial charge in [-0.25, -0.2) is 13.1 Å². The molecule has 110 valence electrons. The second-order valence-electron chi connectivity index (χ2n) is 5.10. The van der Waals surface area contributed by atoms with E-state index in [9.17, 15) is 8.42 Å². The molecule has 0 heterocycles. The van der Waals surface area contributed by atoms with Crippen LogP contribution in [0.2, 0.25) is 5.02 Å². The van der Waals surface area contributed by atoms with E-state index in [1.807, 2.05) is 6.92 Å². The number of nitrogens with one attached hydrogen (secondary N) is 1. The molecule has 7 heteroatoms. The average molecular weight is 333 g/mol. The summed E-state index contributed by atoms with van der Waals surface area (Å²) in [6.45, 7) is 1.99. The third kappa shape index (κ3) is 2.98. The van der Waals surface area contributed by atoms with Gasteiger partial charge >= 0.3 is 0 Å². The van der Waals surface area contributed by atoms with E-state index in [2.05, 4.69) is 4.72 Å². The van der Waals surface area contributed by atoms with Crippen molar-refractivity contribution < 1.29 is 8.42 Å². The molecule has 0 spiro atoms. The zero-order chi connectivity index (χ0) is 15.0. The zero-order valence-corrected chi connectivity index (χ0v) is 13.5. The molecule has 4 nitrogen and oxygen atoms in total. The molecule has 0 bridgehead atoms. The molecule has 1 aromatic carbocycles. The minimum absolute atomic E-state index is 0.141. The molecular weight excluding hydrogens is 316 g/mol. The van der Waals surface area contributed by atoms with Crippen LogP contribution < -0.4 is 10.5 Å². The Bertz CT molecular complexity index is 634. The largest absolute Gasteiger partial charge is 0.389 e. The van der Waals surface area contributed by atoms with Crippen LogP contribution in [0, 0.1) is 0 Å². The third-order valence-electron chi connectivity index (χ3n) is 3.85. The highest BCUT2D eigenvalue weighted by Crippen LogP contribution is 2.36. The molecule has 1 aliphatic carbocycles. The topological polar surface area (TPSA) is 72.2 Å². The van der Waals surface area contributed by atoms with Crippen LogP contribution in [0.1, 0.15) is 38.2 Å². The second-order valence-corrected chi connectivity index (χ2v) is 7.63. The lowest BCUT2D eigenvalue weighted by atomic mass is 9.76. The first kappa shape index (κ1) is 15.7. The summed E-state index contributed by atoms with van der Waals surface area (Å²) in [5, 5.41) is 0.250. The maximum atomic E-state index is 12.4. The summed E-state index contributed by atoms with van der Waals surface area (Å²) in [6.07, 6.45) is 3.59. The smallest absolute Gasteiger partial charge is 0.241 e. The Morgan fingerprint density at radius 3 is 2.55 bits per heavy atom. The highest BCUT2D eigenvalue weighted by Gasteiger charge is 2.39. The van der Waals surface area contributed by atoms with Crippen molar-refractivity contribution in [2.45, 2.75) is 43.0 Å². The van der Waals surface area contributed by atoms with Gasteiger partial charge < -0.3 is 5.73 Å². The maximum Gasteiger partial charge on any atom is 0.241 e. The molecule has 0 radical (unpaired) electrons. The molecule has 0 amide bonds. The number of rotatable bonds is 5. The van der Waals surface area contributed by atoms with E-state index in [-0.39, 0.29) is 20.4 Å². The molecule has 0 unspecified atom stereocenters. The molecule has 1 aromatic rings. The summed E-state index contributed by atoms with van der Waals surface area (Å²) in [4.78, 5) is 0.290. The number of benzene rings is 1. The molecule has 0 aliphatic heterocycles. The Balaban J connectivity index is 2.30. The van der Waals surface area contributed by atoms with Crippen molar-refractivity contribution in [3.63, 3.8) is 0 Å². The van der Waals surface area contributed by atoms with E-state index in [1.165, 1.54) is 12.1 Å². The van der Waals surface area contributed by atoms with Crippen molar-refractivity contribution in [2.24, 2.45) is 5.73 Å². The van der Waals surface area contributed by atoms with Gasteiger partial charge in [-0.15, -0.1) is 0 Å². The van der Waals surface area contributed by atoms with Gasteiger partial charge in [0.05, 0.1) is 9.92 Å². The minimum atomic E-state index is -3.57. The van der Waals surface area contributed by atoms with E-state index >= 15 is 0 Å². The summed E-state index contributed by atoms with van der Waals surface area (Å²) in [7, 11) is -3.57. The van der Waals surface area contributed by atoms with Gasteiger partial charge in [0, 0.05) is 11.1 Å². The Hall–Kier alpha value is -0.690. The predicted molar refractivity (Wildman–Crippen MR) is 84.5 cm³/mol. The van der Waals surface area contributed by atoms with E-state index in [0.29, 0.717) is 5.56 Å². The van der Waals surface area contributed by atoms with Crippen LogP contribution in [0.4, 0.5) is 0 Å². The lowest BCUT2D eigenvalue weighted by Gasteiger charge is -2.41. The lowest BCUT2D eigenvalue weighted by Crippen LogP contribution is -2.52. The average Bonchev–Trinajstić information content (AvgIpc) is 2.33. The fraction of sp³-hybridized carbons (Fsp3) is 0.462. The monoisotopic (exact) mass is 332 g/mol. The molecule has 1 fully saturated rings. The normalized spacial score (nSPS) is 17.5. The van der Waals surface area contributed by atoms with Crippen LogP contribution in [0.25, 0.3) is 0 Å². The zero-order valence-electron chi connectivity index (χ0n) is 11.1. The van der Waals surface area contributed by atoms with Crippen molar-refractivity contribution in [3.8, 4) is 0 Å². The molecule has 20 heavy (non-hydrogen) atoms. The number of nitrogens with two attached hydrogens (primary N) is 1. The highest BCUT2D eigenvalue weighted by molar-refractivity contribution is 7.89. The molecule has 0 aromatic heterocycles. The molecule has 2 rings (SSSR count). The van der Waals surface area contributed by atoms with Crippen molar-refractivity contribution >= 4 is 38.8 Å². The lowest BCUT2D eigenvalue weighted by molar-refractivity contribution is 0.214. The third-order valence-corrected chi connectivity index (χ3v) is 5.96. The first-order chi connectivity index (χ1) is 9.30. The molecule has 1 saturated carbocycles. The molecule has 3 N–H and O–H groups in total. The number of halogens is 1. The second kappa shape index (κ2) is 5.60. The highest BCUT2D eigenvalue weighted by atomic mass is 35.5.